The van der Waals surface area contributed by atoms with Crippen molar-refractivity contribution in [2.75, 3.05) is 13.7 Å². The summed E-state index contributed by atoms with van der Waals surface area (Å²) in [6.07, 6.45) is 1.63. The van der Waals surface area contributed by atoms with Crippen molar-refractivity contribution < 1.29 is 23.8 Å². The number of ether oxygens (including phenoxy) is 2. The van der Waals surface area contributed by atoms with E-state index in [0.717, 1.165) is 0 Å². The highest BCUT2D eigenvalue weighted by Gasteiger charge is 2.26. The van der Waals surface area contributed by atoms with Gasteiger partial charge in [-0.1, -0.05) is 22.0 Å². The van der Waals surface area contributed by atoms with Crippen molar-refractivity contribution in [3.05, 3.63) is 57.3 Å². The maximum absolute atomic E-state index is 13.7. The summed E-state index contributed by atoms with van der Waals surface area (Å²) >= 11 is 3.33. The molecule has 0 unspecified atom stereocenters. The van der Waals surface area contributed by atoms with Crippen molar-refractivity contribution in [2.45, 2.75) is 0 Å². The second-order valence-electron chi connectivity index (χ2n) is 4.95. The molecule has 118 valence electrons. The Hall–Kier alpha value is -2.34. The number of ketones is 1. The van der Waals surface area contributed by atoms with Gasteiger partial charge in [0, 0.05) is 10.0 Å². The van der Waals surface area contributed by atoms with E-state index in [1.54, 1.807) is 12.1 Å². The van der Waals surface area contributed by atoms with Crippen molar-refractivity contribution in [1.82, 2.24) is 0 Å². The van der Waals surface area contributed by atoms with Gasteiger partial charge in [-0.05, 0) is 35.9 Å². The van der Waals surface area contributed by atoms with Crippen LogP contribution in [0.3, 0.4) is 0 Å². The molecule has 6 heteroatoms. The zero-order chi connectivity index (χ0) is 16.6. The minimum Gasteiger partial charge on any atom is -0.504 e. The van der Waals surface area contributed by atoms with Gasteiger partial charge in [0.25, 0.3) is 0 Å². The lowest BCUT2D eigenvalue weighted by molar-refractivity contribution is 0.0998. The molecule has 4 nitrogen and oxygen atoms in total. The lowest BCUT2D eigenvalue weighted by atomic mass is 9.98. The van der Waals surface area contributed by atoms with Crippen LogP contribution in [0.2, 0.25) is 0 Å². The van der Waals surface area contributed by atoms with Crippen molar-refractivity contribution in [3.63, 3.8) is 0 Å². The SMILES string of the molecule is COc1cc(/C=C2\COc3c(F)cccc3C2=O)c(Br)cc1O. The third kappa shape index (κ3) is 2.82. The van der Waals surface area contributed by atoms with Gasteiger partial charge in [-0.2, -0.15) is 0 Å². The molecule has 1 N–H and O–H groups in total. The Balaban J connectivity index is 2.03. The number of hydrogen-bond acceptors (Lipinski definition) is 4. The number of fused-ring (bicyclic) bond motifs is 1. The number of methoxy groups -OCH3 is 1. The Morgan fingerprint density at radius 3 is 2.91 bits per heavy atom. The molecule has 0 saturated heterocycles. The standard InChI is InChI=1S/C17H12BrFO4/c1-22-15-6-9(12(18)7-14(15)20)5-10-8-23-17-11(16(10)21)3-2-4-13(17)19/h2-7,20H,8H2,1H3/b10-5+. The molecule has 0 spiro atoms. The van der Waals surface area contributed by atoms with Crippen LogP contribution in [0.1, 0.15) is 15.9 Å². The van der Waals surface area contributed by atoms with Crippen molar-refractivity contribution in [3.8, 4) is 17.2 Å². The fourth-order valence-electron chi connectivity index (χ4n) is 2.35. The Bertz CT molecular complexity index is 830. The molecular formula is C17H12BrFO4. The number of aromatic hydroxyl groups is 1. The van der Waals surface area contributed by atoms with Gasteiger partial charge in [0.2, 0.25) is 0 Å². The van der Waals surface area contributed by atoms with E-state index < -0.39 is 5.82 Å². The molecule has 0 fully saturated rings. The summed E-state index contributed by atoms with van der Waals surface area (Å²) in [6, 6.07) is 7.33. The van der Waals surface area contributed by atoms with Gasteiger partial charge in [-0.15, -0.1) is 0 Å². The number of carbonyl (C=O) groups excluding carboxylic acids is 1. The van der Waals surface area contributed by atoms with Gasteiger partial charge in [0.05, 0.1) is 12.7 Å². The molecule has 0 amide bonds. The summed E-state index contributed by atoms with van der Waals surface area (Å²) in [4.78, 5) is 12.5. The first-order chi connectivity index (χ1) is 11.0. The fourth-order valence-corrected chi connectivity index (χ4v) is 2.80. The summed E-state index contributed by atoms with van der Waals surface area (Å²) in [5.74, 6) is -0.583. The summed E-state index contributed by atoms with van der Waals surface area (Å²) in [6.45, 7) is -0.0254. The number of Topliss-reactive ketones (excluding diaryl/α,β-unsaturated/α-hetero) is 1. The van der Waals surface area contributed by atoms with Crippen molar-refractivity contribution in [1.29, 1.82) is 0 Å². The predicted molar refractivity (Wildman–Crippen MR) is 86.6 cm³/mol. The number of benzene rings is 2. The van der Waals surface area contributed by atoms with E-state index in [1.165, 1.54) is 31.4 Å². The van der Waals surface area contributed by atoms with E-state index in [9.17, 15) is 14.3 Å². The maximum Gasteiger partial charge on any atom is 0.196 e. The zero-order valence-corrected chi connectivity index (χ0v) is 13.7. The number of hydrogen-bond donors (Lipinski definition) is 1. The third-order valence-corrected chi connectivity index (χ3v) is 4.19. The monoisotopic (exact) mass is 378 g/mol. The molecule has 0 radical (unpaired) electrons. The van der Waals surface area contributed by atoms with E-state index in [-0.39, 0.29) is 35.2 Å². The molecule has 2 aromatic rings. The molecule has 0 saturated carbocycles. The highest BCUT2D eigenvalue weighted by atomic mass is 79.9. The molecule has 1 aliphatic heterocycles. The van der Waals surface area contributed by atoms with Gasteiger partial charge in [-0.3, -0.25) is 4.79 Å². The summed E-state index contributed by atoms with van der Waals surface area (Å²) in [5.41, 5.74) is 1.23. The number of phenolic OH excluding ortho intramolecular Hbond substituents is 1. The Kier molecular flexibility index (Phi) is 4.09. The van der Waals surface area contributed by atoms with Gasteiger partial charge in [-0.25, -0.2) is 4.39 Å². The van der Waals surface area contributed by atoms with Crippen LogP contribution < -0.4 is 9.47 Å². The van der Waals surface area contributed by atoms with E-state index >= 15 is 0 Å². The lowest BCUT2D eigenvalue weighted by Crippen LogP contribution is -2.20. The van der Waals surface area contributed by atoms with E-state index in [4.69, 9.17) is 9.47 Å². The Morgan fingerprint density at radius 2 is 2.17 bits per heavy atom. The van der Waals surface area contributed by atoms with Crippen LogP contribution in [-0.4, -0.2) is 24.6 Å². The summed E-state index contributed by atoms with van der Waals surface area (Å²) < 4.78 is 24.7. The number of carbonyl (C=O) groups is 1. The van der Waals surface area contributed by atoms with Crippen LogP contribution in [-0.2, 0) is 0 Å². The molecule has 2 aromatic carbocycles. The van der Waals surface area contributed by atoms with Crippen LogP contribution in [0, 0.1) is 5.82 Å². The van der Waals surface area contributed by atoms with Crippen LogP contribution in [0.25, 0.3) is 6.08 Å². The van der Waals surface area contributed by atoms with Crippen molar-refractivity contribution in [2.24, 2.45) is 0 Å². The van der Waals surface area contributed by atoms with E-state index in [0.29, 0.717) is 15.6 Å². The molecular weight excluding hydrogens is 367 g/mol. The molecule has 23 heavy (non-hydrogen) atoms. The number of halogens is 2. The van der Waals surface area contributed by atoms with Crippen LogP contribution in [0.5, 0.6) is 17.2 Å². The molecule has 1 heterocycles. The molecule has 3 rings (SSSR count). The highest BCUT2D eigenvalue weighted by molar-refractivity contribution is 9.10. The van der Waals surface area contributed by atoms with Crippen LogP contribution in [0.15, 0.2) is 40.4 Å². The Morgan fingerprint density at radius 1 is 1.39 bits per heavy atom. The summed E-state index contributed by atoms with van der Waals surface area (Å²) in [7, 11) is 1.44. The highest BCUT2D eigenvalue weighted by Crippen LogP contribution is 2.35. The maximum atomic E-state index is 13.7. The summed E-state index contributed by atoms with van der Waals surface area (Å²) in [5, 5.41) is 9.73. The first-order valence-electron chi connectivity index (χ1n) is 6.74. The quantitative estimate of drug-likeness (QED) is 0.803. The van der Waals surface area contributed by atoms with Crippen molar-refractivity contribution >= 4 is 27.8 Å². The molecule has 0 atom stereocenters. The average Bonchev–Trinajstić information content (AvgIpc) is 2.53. The first kappa shape index (κ1) is 15.6. The largest absolute Gasteiger partial charge is 0.504 e. The fraction of sp³-hybridized carbons (Fsp3) is 0.118. The molecule has 0 aromatic heterocycles. The number of para-hydroxylation sites is 1. The molecule has 0 bridgehead atoms. The normalized spacial score (nSPS) is 15.3. The molecule has 1 aliphatic rings. The Labute approximate surface area is 140 Å². The van der Waals surface area contributed by atoms with Gasteiger partial charge < -0.3 is 14.6 Å². The minimum absolute atomic E-state index is 0.0137. The van der Waals surface area contributed by atoms with Gasteiger partial charge in [0.15, 0.2) is 28.8 Å². The van der Waals surface area contributed by atoms with Crippen LogP contribution in [0.4, 0.5) is 4.39 Å². The van der Waals surface area contributed by atoms with E-state index in [1.807, 2.05) is 0 Å². The minimum atomic E-state index is -0.553. The zero-order valence-electron chi connectivity index (χ0n) is 12.1. The predicted octanol–water partition coefficient (Wildman–Crippen LogP) is 3.96. The molecule has 0 aliphatic carbocycles. The van der Waals surface area contributed by atoms with Crippen LogP contribution >= 0.6 is 15.9 Å². The number of phenols is 1. The second-order valence-corrected chi connectivity index (χ2v) is 5.80. The average molecular weight is 379 g/mol. The first-order valence-corrected chi connectivity index (χ1v) is 7.53. The lowest BCUT2D eigenvalue weighted by Gasteiger charge is -2.19. The van der Waals surface area contributed by atoms with E-state index in [2.05, 4.69) is 15.9 Å². The van der Waals surface area contributed by atoms with Gasteiger partial charge >= 0.3 is 0 Å². The topological polar surface area (TPSA) is 55.8 Å². The van der Waals surface area contributed by atoms with Gasteiger partial charge in [0.1, 0.15) is 6.61 Å². The smallest absolute Gasteiger partial charge is 0.196 e. The third-order valence-electron chi connectivity index (χ3n) is 3.50. The number of rotatable bonds is 2. The second kappa shape index (κ2) is 6.04.